The molecule has 0 unspecified atom stereocenters. The first-order chi connectivity index (χ1) is 10.1. The van der Waals surface area contributed by atoms with Crippen LogP contribution in [0, 0.1) is 12.3 Å². The molecule has 0 saturated heterocycles. The molecule has 119 valence electrons. The fourth-order valence-corrected chi connectivity index (χ4v) is 9.24. The third kappa shape index (κ3) is 4.09. The van der Waals surface area contributed by atoms with Crippen molar-refractivity contribution < 1.29 is 0 Å². The second kappa shape index (κ2) is 6.30. The number of rotatable bonds is 4. The summed E-state index contributed by atoms with van der Waals surface area (Å²) in [4.78, 5) is 0. The zero-order chi connectivity index (χ0) is 16.5. The molecule has 1 aromatic carbocycles. The van der Waals surface area contributed by atoms with Gasteiger partial charge in [-0.05, 0) is 29.5 Å². The minimum atomic E-state index is -1.35. The smallest absolute Gasteiger partial charge is 0.195 e. The monoisotopic (exact) mass is 328 g/mol. The maximum absolute atomic E-state index is 4.10. The lowest BCUT2D eigenvalue weighted by molar-refractivity contribution is 0.516. The molecule has 0 atom stereocenters. The second-order valence-electron chi connectivity index (χ2n) is 8.31. The Balaban J connectivity index is 2.53. The van der Waals surface area contributed by atoms with E-state index in [2.05, 4.69) is 88.4 Å². The highest BCUT2D eigenvalue weighted by Crippen LogP contribution is 2.35. The summed E-state index contributed by atoms with van der Waals surface area (Å²) in [6, 6.07) is 8.94. The molecule has 0 amide bonds. The van der Waals surface area contributed by atoms with Gasteiger partial charge in [0.05, 0.1) is 0 Å². The molecular weight excluding hydrogens is 298 g/mol. The van der Waals surface area contributed by atoms with Crippen molar-refractivity contribution in [3.63, 3.8) is 0 Å². The number of allylic oxidation sites excluding steroid dienone is 4. The Bertz CT molecular complexity index is 601. The Kier molecular flexibility index (Phi) is 5.00. The zero-order valence-corrected chi connectivity index (χ0v) is 17.2. The Morgan fingerprint density at radius 2 is 1.73 bits per heavy atom. The molecule has 0 aliphatic heterocycles. The number of benzene rings is 1. The van der Waals surface area contributed by atoms with Crippen LogP contribution in [0.3, 0.4) is 0 Å². The van der Waals surface area contributed by atoms with Crippen molar-refractivity contribution >= 4 is 22.4 Å². The third-order valence-corrected chi connectivity index (χ3v) is 10.1. The van der Waals surface area contributed by atoms with Crippen molar-refractivity contribution in [1.82, 2.24) is 4.65 Å². The maximum Gasteiger partial charge on any atom is 0.195 e. The van der Waals surface area contributed by atoms with E-state index < -0.39 is 17.2 Å². The van der Waals surface area contributed by atoms with Crippen molar-refractivity contribution in [2.75, 3.05) is 0 Å². The van der Waals surface area contributed by atoms with Gasteiger partial charge in [0, 0.05) is 0 Å². The third-order valence-electron chi connectivity index (χ3n) is 3.96. The molecule has 2 rings (SSSR count). The van der Waals surface area contributed by atoms with Gasteiger partial charge in [-0.15, -0.1) is 0 Å². The van der Waals surface area contributed by atoms with Crippen LogP contribution in [0.4, 0.5) is 0 Å². The first-order valence-corrected chi connectivity index (χ1v) is 13.2. The highest BCUT2D eigenvalue weighted by molar-refractivity contribution is 6.91. The van der Waals surface area contributed by atoms with Crippen molar-refractivity contribution in [3.05, 3.63) is 52.8 Å². The van der Waals surface area contributed by atoms with Crippen LogP contribution < -0.4 is 9.83 Å². The van der Waals surface area contributed by atoms with E-state index in [-0.39, 0.29) is 5.41 Å². The van der Waals surface area contributed by atoms with Crippen LogP contribution in [0.2, 0.25) is 19.6 Å². The number of nitrogens with one attached hydrogen (secondary N) is 1. The summed E-state index contributed by atoms with van der Waals surface area (Å²) < 4.78 is 4.10. The maximum atomic E-state index is 4.10. The summed E-state index contributed by atoms with van der Waals surface area (Å²) in [6.45, 7) is 16.5. The molecule has 1 aromatic rings. The zero-order valence-electron chi connectivity index (χ0n) is 15.2. The normalized spacial score (nSPS) is 16.0. The van der Waals surface area contributed by atoms with Crippen molar-refractivity contribution in [2.24, 2.45) is 5.41 Å². The minimum absolute atomic E-state index is 0.224. The van der Waals surface area contributed by atoms with Crippen LogP contribution in [0.25, 0.3) is 0 Å². The Hall–Kier alpha value is -0.906. The molecule has 1 nitrogen and oxygen atoms in total. The fourth-order valence-electron chi connectivity index (χ4n) is 2.98. The predicted molar refractivity (Wildman–Crippen MR) is 103 cm³/mol. The molecule has 0 heterocycles. The quantitative estimate of drug-likeness (QED) is 0.805. The topological polar surface area (TPSA) is 12.0 Å². The van der Waals surface area contributed by atoms with E-state index in [4.69, 9.17) is 0 Å². The summed E-state index contributed by atoms with van der Waals surface area (Å²) in [6.07, 6.45) is 5.83. The van der Waals surface area contributed by atoms with Crippen molar-refractivity contribution in [3.8, 4) is 0 Å². The summed E-state index contributed by atoms with van der Waals surface area (Å²) in [5.74, 6) is 0. The molecule has 1 aliphatic carbocycles. The number of aryl methyl sites for hydroxylation is 1. The Morgan fingerprint density at radius 3 is 2.27 bits per heavy atom. The van der Waals surface area contributed by atoms with Crippen LogP contribution in [0.15, 0.2) is 47.2 Å². The van der Waals surface area contributed by atoms with E-state index in [9.17, 15) is 0 Å². The lowest BCUT2D eigenvalue weighted by Gasteiger charge is -2.31. The molecule has 0 saturated carbocycles. The minimum Gasteiger partial charge on any atom is -0.353 e. The molecule has 1 N–H and O–H groups in total. The van der Waals surface area contributed by atoms with Gasteiger partial charge in [0.1, 0.15) is 8.24 Å². The van der Waals surface area contributed by atoms with Crippen LogP contribution in [-0.4, -0.2) is 17.2 Å². The van der Waals surface area contributed by atoms with Crippen LogP contribution >= 0.6 is 0 Å². The van der Waals surface area contributed by atoms with Gasteiger partial charge in [0.25, 0.3) is 0 Å². The average Bonchev–Trinajstić information content (AvgIpc) is 2.84. The van der Waals surface area contributed by atoms with Gasteiger partial charge in [0.2, 0.25) is 0 Å². The molecule has 0 fully saturated rings. The Morgan fingerprint density at radius 1 is 1.09 bits per heavy atom. The summed E-state index contributed by atoms with van der Waals surface area (Å²) in [7, 11) is -2.24. The van der Waals surface area contributed by atoms with Crippen molar-refractivity contribution in [1.29, 1.82) is 0 Å². The van der Waals surface area contributed by atoms with Gasteiger partial charge in [-0.2, -0.15) is 0 Å². The second-order valence-corrected chi connectivity index (χ2v) is 15.7. The number of hydrogen-bond donors (Lipinski definition) is 1. The summed E-state index contributed by atoms with van der Waals surface area (Å²) in [5.41, 5.74) is 3.20. The van der Waals surface area contributed by atoms with E-state index in [1.165, 1.54) is 10.8 Å². The molecule has 1 aliphatic rings. The Labute approximate surface area is 139 Å². The summed E-state index contributed by atoms with van der Waals surface area (Å²) in [5, 5.41) is 3.20. The SMILES string of the molecule is Cc1ccccc1[Si](N[Si](C)(C)C)C1=C(C(C)(C)C)C=CC1. The van der Waals surface area contributed by atoms with E-state index >= 15 is 0 Å². The van der Waals surface area contributed by atoms with Crippen LogP contribution in [0.5, 0.6) is 0 Å². The van der Waals surface area contributed by atoms with E-state index in [0.717, 1.165) is 6.42 Å². The predicted octanol–water partition coefficient (Wildman–Crippen LogP) is 4.46. The van der Waals surface area contributed by atoms with Crippen LogP contribution in [-0.2, 0) is 0 Å². The van der Waals surface area contributed by atoms with Gasteiger partial charge in [-0.25, -0.2) is 0 Å². The molecule has 0 aromatic heterocycles. The molecule has 3 heteroatoms. The van der Waals surface area contributed by atoms with Gasteiger partial charge in [0.15, 0.2) is 8.96 Å². The molecule has 1 radical (unpaired) electrons. The molecule has 0 spiro atoms. The lowest BCUT2D eigenvalue weighted by atomic mass is 9.87. The molecule has 0 bridgehead atoms. The van der Waals surface area contributed by atoms with Crippen LogP contribution in [0.1, 0.15) is 32.8 Å². The highest BCUT2D eigenvalue weighted by atomic mass is 28.4. The van der Waals surface area contributed by atoms with E-state index in [1.807, 2.05) is 0 Å². The van der Waals surface area contributed by atoms with Gasteiger partial charge in [-0.3, -0.25) is 0 Å². The first-order valence-electron chi connectivity index (χ1n) is 8.21. The fraction of sp³-hybridized carbons (Fsp3) is 0.474. The molecule has 22 heavy (non-hydrogen) atoms. The van der Waals surface area contributed by atoms with Gasteiger partial charge in [-0.1, -0.05) is 87.6 Å². The van der Waals surface area contributed by atoms with Gasteiger partial charge >= 0.3 is 0 Å². The van der Waals surface area contributed by atoms with E-state index in [0.29, 0.717) is 0 Å². The number of hydrogen-bond acceptors (Lipinski definition) is 1. The highest BCUT2D eigenvalue weighted by Gasteiger charge is 2.32. The first kappa shape index (κ1) is 17.4. The van der Waals surface area contributed by atoms with Gasteiger partial charge < -0.3 is 4.65 Å². The standard InChI is InChI=1S/C19H30NSi2/c1-15-11-8-9-13-17(15)21(20-22(5,6)7)18-14-10-12-16(18)19(2,3)4/h8-13,20H,14H2,1-7H3. The average molecular weight is 329 g/mol. The largest absolute Gasteiger partial charge is 0.353 e. The lowest BCUT2D eigenvalue weighted by Crippen LogP contribution is -2.58. The summed E-state index contributed by atoms with van der Waals surface area (Å²) >= 11 is 0. The van der Waals surface area contributed by atoms with Crippen molar-refractivity contribution in [2.45, 2.75) is 53.8 Å². The molecular formula is C19H30NSi2. The van der Waals surface area contributed by atoms with E-state index in [1.54, 1.807) is 10.8 Å².